The van der Waals surface area contributed by atoms with E-state index in [1.807, 2.05) is 128 Å². The van der Waals surface area contributed by atoms with E-state index in [0.717, 1.165) is 22.3 Å². The normalized spacial score (nSPS) is 19.2. The number of esters is 1. The molecule has 3 unspecified atom stereocenters. The second-order valence-corrected chi connectivity index (χ2v) is 14.5. The highest BCUT2D eigenvalue weighted by Gasteiger charge is 2.61. The molecule has 2 saturated heterocycles. The molecule has 0 aromatic heterocycles. The second-order valence-electron chi connectivity index (χ2n) is 12.8. The standard InChI is InChI=1S/C42H38N2O6S/c1-42(39(44-36(45)25-37(44)51-42)41(47)50-38(31-18-10-4-11-19-31)32-20-12-5-13-21-32)28-43-40(46)33-22-23-34(48-26-29-14-6-2-7-15-29)35(24-33)49-27-30-16-8-3-9-17-30/h2-24,37-39H,25-28H2,1H3,(H,43,46). The van der Waals surface area contributed by atoms with Gasteiger partial charge in [0.05, 0.1) is 16.5 Å². The molecule has 1 N–H and O–H groups in total. The van der Waals surface area contributed by atoms with Gasteiger partial charge in [-0.15, -0.1) is 11.8 Å². The lowest BCUT2D eigenvalue weighted by molar-refractivity contribution is -0.164. The predicted octanol–water partition coefficient (Wildman–Crippen LogP) is 7.34. The van der Waals surface area contributed by atoms with Gasteiger partial charge < -0.3 is 24.4 Å². The molecule has 258 valence electrons. The number of ether oxygens (including phenoxy) is 3. The number of amides is 2. The Morgan fingerprint density at radius 2 is 1.29 bits per heavy atom. The van der Waals surface area contributed by atoms with Gasteiger partial charge in [-0.1, -0.05) is 121 Å². The zero-order valence-corrected chi connectivity index (χ0v) is 29.0. The van der Waals surface area contributed by atoms with Crippen LogP contribution in [0, 0.1) is 0 Å². The highest BCUT2D eigenvalue weighted by molar-refractivity contribution is 8.01. The van der Waals surface area contributed by atoms with Gasteiger partial charge in [-0.25, -0.2) is 4.79 Å². The summed E-state index contributed by atoms with van der Waals surface area (Å²) in [7, 11) is 0. The largest absolute Gasteiger partial charge is 0.485 e. The molecule has 0 spiro atoms. The summed E-state index contributed by atoms with van der Waals surface area (Å²) in [6.45, 7) is 2.67. The summed E-state index contributed by atoms with van der Waals surface area (Å²) < 4.78 is 17.7. The summed E-state index contributed by atoms with van der Waals surface area (Å²) in [5.41, 5.74) is 4.01. The average Bonchev–Trinajstić information content (AvgIpc) is 3.42. The first-order chi connectivity index (χ1) is 24.9. The minimum atomic E-state index is -0.887. The maximum Gasteiger partial charge on any atom is 0.331 e. The van der Waals surface area contributed by atoms with Crippen LogP contribution in [0.3, 0.4) is 0 Å². The van der Waals surface area contributed by atoms with Crippen molar-refractivity contribution >= 4 is 29.5 Å². The fourth-order valence-electron chi connectivity index (χ4n) is 6.46. The molecule has 2 fully saturated rings. The van der Waals surface area contributed by atoms with Crippen molar-refractivity contribution in [3.8, 4) is 11.5 Å². The van der Waals surface area contributed by atoms with E-state index in [0.29, 0.717) is 36.7 Å². The van der Waals surface area contributed by atoms with Crippen molar-refractivity contribution in [2.45, 2.75) is 48.8 Å². The Balaban J connectivity index is 1.09. The molecular weight excluding hydrogens is 661 g/mol. The van der Waals surface area contributed by atoms with Gasteiger partial charge in [-0.3, -0.25) is 9.59 Å². The third-order valence-electron chi connectivity index (χ3n) is 9.15. The Bertz CT molecular complexity index is 1940. The molecule has 3 atom stereocenters. The molecule has 9 heteroatoms. The third-order valence-corrected chi connectivity index (χ3v) is 10.7. The van der Waals surface area contributed by atoms with E-state index >= 15 is 0 Å². The van der Waals surface area contributed by atoms with Gasteiger partial charge >= 0.3 is 5.97 Å². The van der Waals surface area contributed by atoms with Gasteiger partial charge in [-0.05, 0) is 47.4 Å². The highest BCUT2D eigenvalue weighted by atomic mass is 32.2. The van der Waals surface area contributed by atoms with Crippen molar-refractivity contribution in [2.75, 3.05) is 6.54 Å². The Hall–Kier alpha value is -5.54. The molecule has 5 aromatic rings. The fourth-order valence-corrected chi connectivity index (χ4v) is 8.15. The van der Waals surface area contributed by atoms with E-state index in [1.54, 1.807) is 23.1 Å². The van der Waals surface area contributed by atoms with Crippen LogP contribution in [0.25, 0.3) is 0 Å². The molecule has 7 rings (SSSR count). The van der Waals surface area contributed by atoms with Crippen LogP contribution >= 0.6 is 11.8 Å². The van der Waals surface area contributed by atoms with Crippen LogP contribution in [-0.4, -0.2) is 45.4 Å². The topological polar surface area (TPSA) is 94.2 Å². The molecule has 5 aromatic carbocycles. The minimum absolute atomic E-state index is 0.105. The van der Waals surface area contributed by atoms with Crippen LogP contribution in [0.5, 0.6) is 11.5 Å². The van der Waals surface area contributed by atoms with E-state index in [9.17, 15) is 14.4 Å². The SMILES string of the molecule is CC1(CNC(=O)c2ccc(OCc3ccccc3)c(OCc3ccccc3)c2)SC2CC(=O)N2C1C(=O)OC(c1ccccc1)c1ccccc1. The summed E-state index contributed by atoms with van der Waals surface area (Å²) in [5.74, 6) is 0.000569. The van der Waals surface area contributed by atoms with Gasteiger partial charge in [0.2, 0.25) is 5.91 Å². The van der Waals surface area contributed by atoms with Gasteiger partial charge in [0, 0.05) is 12.1 Å². The number of thioether (sulfide) groups is 1. The van der Waals surface area contributed by atoms with E-state index in [4.69, 9.17) is 14.2 Å². The zero-order chi connectivity index (χ0) is 35.2. The fraction of sp³-hybridized carbons (Fsp3) is 0.214. The number of nitrogens with zero attached hydrogens (tertiary/aromatic N) is 1. The Labute approximate surface area is 301 Å². The lowest BCUT2D eigenvalue weighted by Gasteiger charge is -2.38. The van der Waals surface area contributed by atoms with Crippen molar-refractivity contribution in [1.82, 2.24) is 10.2 Å². The number of fused-ring (bicyclic) bond motifs is 1. The van der Waals surface area contributed by atoms with E-state index in [-0.39, 0.29) is 23.7 Å². The number of rotatable bonds is 13. The number of carbonyl (C=O) groups is 3. The van der Waals surface area contributed by atoms with Crippen molar-refractivity contribution in [3.05, 3.63) is 167 Å². The molecule has 0 radical (unpaired) electrons. The van der Waals surface area contributed by atoms with Crippen molar-refractivity contribution in [1.29, 1.82) is 0 Å². The Morgan fingerprint density at radius 1 is 0.765 bits per heavy atom. The molecule has 8 nitrogen and oxygen atoms in total. The van der Waals surface area contributed by atoms with Crippen LogP contribution in [0.2, 0.25) is 0 Å². The Morgan fingerprint density at radius 3 is 1.84 bits per heavy atom. The van der Waals surface area contributed by atoms with Crippen LogP contribution < -0.4 is 14.8 Å². The van der Waals surface area contributed by atoms with E-state index in [1.165, 1.54) is 11.8 Å². The molecule has 51 heavy (non-hydrogen) atoms. The van der Waals surface area contributed by atoms with Crippen LogP contribution in [-0.2, 0) is 27.5 Å². The molecule has 2 aliphatic rings. The number of hydrogen-bond acceptors (Lipinski definition) is 7. The quantitative estimate of drug-likeness (QED) is 0.102. The summed E-state index contributed by atoms with van der Waals surface area (Å²) in [6.07, 6.45) is -0.318. The first-order valence-corrected chi connectivity index (χ1v) is 17.8. The average molecular weight is 699 g/mol. The number of benzene rings is 5. The van der Waals surface area contributed by atoms with Crippen LogP contribution in [0.15, 0.2) is 140 Å². The number of hydrogen-bond donors (Lipinski definition) is 1. The molecule has 2 heterocycles. The summed E-state index contributed by atoms with van der Waals surface area (Å²) in [4.78, 5) is 42.3. The van der Waals surface area contributed by atoms with Gasteiger partial charge in [0.25, 0.3) is 5.91 Å². The molecule has 2 amide bonds. The number of β-lactam (4-membered cyclic amide) rings is 1. The number of nitrogens with one attached hydrogen (secondary N) is 1. The van der Waals surface area contributed by atoms with Gasteiger partial charge in [0.1, 0.15) is 19.3 Å². The lowest BCUT2D eigenvalue weighted by Crippen LogP contribution is -2.59. The molecular formula is C42H38N2O6S. The molecule has 2 aliphatic heterocycles. The van der Waals surface area contributed by atoms with Crippen LogP contribution in [0.4, 0.5) is 0 Å². The monoisotopic (exact) mass is 698 g/mol. The maximum atomic E-state index is 14.1. The minimum Gasteiger partial charge on any atom is -0.485 e. The Kier molecular flexibility index (Phi) is 10.1. The molecule has 0 bridgehead atoms. The summed E-state index contributed by atoms with van der Waals surface area (Å²) in [6, 6.07) is 42.9. The predicted molar refractivity (Wildman–Crippen MR) is 196 cm³/mol. The number of carbonyl (C=O) groups excluding carboxylic acids is 3. The van der Waals surface area contributed by atoms with E-state index < -0.39 is 22.9 Å². The molecule has 0 aliphatic carbocycles. The summed E-state index contributed by atoms with van der Waals surface area (Å²) in [5, 5.41) is 2.88. The first kappa shape index (κ1) is 33.9. The molecule has 0 saturated carbocycles. The van der Waals surface area contributed by atoms with Crippen LogP contribution in [0.1, 0.15) is 52.1 Å². The van der Waals surface area contributed by atoms with Crippen molar-refractivity contribution in [3.63, 3.8) is 0 Å². The second kappa shape index (κ2) is 15.1. The summed E-state index contributed by atoms with van der Waals surface area (Å²) >= 11 is 1.52. The smallest absolute Gasteiger partial charge is 0.331 e. The lowest BCUT2D eigenvalue weighted by atomic mass is 9.95. The highest BCUT2D eigenvalue weighted by Crippen LogP contribution is 2.51. The van der Waals surface area contributed by atoms with E-state index in [2.05, 4.69) is 5.32 Å². The van der Waals surface area contributed by atoms with Gasteiger partial charge in [0.15, 0.2) is 17.6 Å². The van der Waals surface area contributed by atoms with Gasteiger partial charge in [-0.2, -0.15) is 0 Å². The first-order valence-electron chi connectivity index (χ1n) is 16.9. The maximum absolute atomic E-state index is 14.1. The third kappa shape index (κ3) is 7.64. The zero-order valence-electron chi connectivity index (χ0n) is 28.1. The van der Waals surface area contributed by atoms with Crippen molar-refractivity contribution in [2.24, 2.45) is 0 Å². The van der Waals surface area contributed by atoms with Crippen molar-refractivity contribution < 1.29 is 28.6 Å².